The van der Waals surface area contributed by atoms with Crippen LogP contribution in [0, 0.1) is 6.92 Å². The molecule has 0 spiro atoms. The zero-order valence-electron chi connectivity index (χ0n) is 29.0. The standard InChI is InChI=1S/C36H50N4O8/c1-22-13-11-18-25(30(22)42)29(31(43)38-27(33(45)47-35(2,3)4)21-23-14-9-8-10-15-23)40(24-16-12-17-24)32(44)26(19-20-28(37)41)39-34(46)48-36(5,6)7/h8-11,13-15,18,24,26-27,29,42H,12,16-17,19-21H2,1-7H3,(H2,37,41)(H,38,43)(H,39,46). The second kappa shape index (κ2) is 16.0. The minimum absolute atomic E-state index is 0.104. The van der Waals surface area contributed by atoms with Gasteiger partial charge in [-0.25, -0.2) is 9.59 Å². The molecular formula is C36H50N4O8. The highest BCUT2D eigenvalue weighted by Crippen LogP contribution is 2.38. The van der Waals surface area contributed by atoms with Crippen LogP contribution in [0.3, 0.4) is 0 Å². The first kappa shape index (κ1) is 37.8. The van der Waals surface area contributed by atoms with Crippen molar-refractivity contribution < 1.29 is 38.6 Å². The van der Waals surface area contributed by atoms with Crippen molar-refractivity contribution in [2.75, 3.05) is 0 Å². The number of esters is 1. The summed E-state index contributed by atoms with van der Waals surface area (Å²) < 4.78 is 11.1. The van der Waals surface area contributed by atoms with Gasteiger partial charge in [-0.15, -0.1) is 0 Å². The average Bonchev–Trinajstić information content (AvgIpc) is 2.94. The number of nitrogens with two attached hydrogens (primary N) is 1. The van der Waals surface area contributed by atoms with Crippen molar-refractivity contribution in [3.63, 3.8) is 0 Å². The van der Waals surface area contributed by atoms with Crippen LogP contribution in [0.4, 0.5) is 4.79 Å². The van der Waals surface area contributed by atoms with E-state index in [-0.39, 0.29) is 30.6 Å². The number of para-hydroxylation sites is 1. The molecule has 1 aliphatic carbocycles. The van der Waals surface area contributed by atoms with Gasteiger partial charge in [-0.1, -0.05) is 48.5 Å². The predicted molar refractivity (Wildman–Crippen MR) is 180 cm³/mol. The molecule has 12 nitrogen and oxygen atoms in total. The Morgan fingerprint density at radius 3 is 2.06 bits per heavy atom. The molecule has 2 aromatic rings. The monoisotopic (exact) mass is 666 g/mol. The summed E-state index contributed by atoms with van der Waals surface area (Å²) in [6.45, 7) is 11.9. The Morgan fingerprint density at radius 1 is 0.896 bits per heavy atom. The fourth-order valence-electron chi connectivity index (χ4n) is 5.34. The predicted octanol–water partition coefficient (Wildman–Crippen LogP) is 4.35. The van der Waals surface area contributed by atoms with E-state index in [0.717, 1.165) is 12.0 Å². The van der Waals surface area contributed by atoms with E-state index >= 15 is 0 Å². The molecule has 12 heteroatoms. The molecule has 0 saturated heterocycles. The lowest BCUT2D eigenvalue weighted by molar-refractivity contribution is -0.159. The van der Waals surface area contributed by atoms with Gasteiger partial charge in [-0.3, -0.25) is 14.4 Å². The first-order valence-electron chi connectivity index (χ1n) is 16.3. The Morgan fingerprint density at radius 2 is 1.52 bits per heavy atom. The maximum atomic E-state index is 14.6. The van der Waals surface area contributed by atoms with Gasteiger partial charge >= 0.3 is 12.1 Å². The molecule has 1 saturated carbocycles. The normalized spacial score (nSPS) is 15.2. The molecule has 4 amide bonds. The Bertz CT molecular complexity index is 1460. The van der Waals surface area contributed by atoms with Crippen molar-refractivity contribution in [1.29, 1.82) is 0 Å². The minimum Gasteiger partial charge on any atom is -0.507 e. The van der Waals surface area contributed by atoms with Gasteiger partial charge in [-0.2, -0.15) is 0 Å². The molecule has 2 aromatic carbocycles. The quantitative estimate of drug-likeness (QED) is 0.228. The molecule has 3 unspecified atom stereocenters. The summed E-state index contributed by atoms with van der Waals surface area (Å²) in [5.74, 6) is -2.93. The number of rotatable bonds is 13. The van der Waals surface area contributed by atoms with E-state index < -0.39 is 65.2 Å². The molecule has 5 N–H and O–H groups in total. The van der Waals surface area contributed by atoms with Crippen LogP contribution in [-0.4, -0.2) is 69.1 Å². The number of alkyl carbamates (subject to hydrolysis) is 1. The van der Waals surface area contributed by atoms with E-state index in [1.165, 1.54) is 4.90 Å². The van der Waals surface area contributed by atoms with Gasteiger partial charge in [0, 0.05) is 24.4 Å². The number of benzene rings is 2. The third-order valence-electron chi connectivity index (χ3n) is 7.77. The van der Waals surface area contributed by atoms with E-state index in [0.29, 0.717) is 18.4 Å². The summed E-state index contributed by atoms with van der Waals surface area (Å²) >= 11 is 0. The molecule has 0 aliphatic heterocycles. The number of phenols is 1. The van der Waals surface area contributed by atoms with Crippen LogP contribution < -0.4 is 16.4 Å². The van der Waals surface area contributed by atoms with E-state index in [9.17, 15) is 29.1 Å². The summed E-state index contributed by atoms with van der Waals surface area (Å²) in [4.78, 5) is 68.7. The Hall–Kier alpha value is -4.61. The van der Waals surface area contributed by atoms with Crippen LogP contribution in [0.25, 0.3) is 0 Å². The van der Waals surface area contributed by atoms with Crippen LogP contribution in [0.15, 0.2) is 48.5 Å². The third-order valence-corrected chi connectivity index (χ3v) is 7.77. The van der Waals surface area contributed by atoms with E-state index in [4.69, 9.17) is 15.2 Å². The van der Waals surface area contributed by atoms with Crippen LogP contribution in [0.2, 0.25) is 0 Å². The van der Waals surface area contributed by atoms with Gasteiger partial charge in [0.2, 0.25) is 17.7 Å². The van der Waals surface area contributed by atoms with Crippen molar-refractivity contribution in [1.82, 2.24) is 15.5 Å². The molecule has 0 heterocycles. The molecule has 3 atom stereocenters. The summed E-state index contributed by atoms with van der Waals surface area (Å²) in [5.41, 5.74) is 5.08. The number of ether oxygens (including phenoxy) is 2. The van der Waals surface area contributed by atoms with Crippen molar-refractivity contribution in [2.24, 2.45) is 5.73 Å². The highest BCUT2D eigenvalue weighted by molar-refractivity contribution is 5.95. The zero-order chi connectivity index (χ0) is 35.8. The lowest BCUT2D eigenvalue weighted by Gasteiger charge is -2.44. The van der Waals surface area contributed by atoms with Gasteiger partial charge in [0.25, 0.3) is 0 Å². The number of nitrogens with one attached hydrogen (secondary N) is 2. The molecule has 48 heavy (non-hydrogen) atoms. The molecule has 1 fully saturated rings. The Labute approximate surface area is 282 Å². The fraction of sp³-hybridized carbons (Fsp3) is 0.528. The zero-order valence-corrected chi connectivity index (χ0v) is 29.0. The van der Waals surface area contributed by atoms with E-state index in [2.05, 4.69) is 10.6 Å². The van der Waals surface area contributed by atoms with E-state index in [1.807, 2.05) is 30.3 Å². The molecular weight excluding hydrogens is 616 g/mol. The van der Waals surface area contributed by atoms with Crippen molar-refractivity contribution in [3.8, 4) is 5.75 Å². The van der Waals surface area contributed by atoms with Crippen molar-refractivity contribution in [2.45, 2.75) is 122 Å². The Kier molecular flexibility index (Phi) is 12.6. The number of nitrogens with zero attached hydrogens (tertiary/aromatic N) is 1. The van der Waals surface area contributed by atoms with Crippen LogP contribution >= 0.6 is 0 Å². The van der Waals surface area contributed by atoms with E-state index in [1.54, 1.807) is 66.7 Å². The maximum absolute atomic E-state index is 14.6. The topological polar surface area (TPSA) is 177 Å². The number of carbonyl (C=O) groups excluding carboxylic acids is 5. The largest absolute Gasteiger partial charge is 0.507 e. The third kappa shape index (κ3) is 11.0. The fourth-order valence-corrected chi connectivity index (χ4v) is 5.34. The number of aromatic hydroxyl groups is 1. The summed E-state index contributed by atoms with van der Waals surface area (Å²) in [6.07, 6.45) is 0.725. The van der Waals surface area contributed by atoms with Gasteiger partial charge in [0.15, 0.2) is 0 Å². The number of amides is 4. The maximum Gasteiger partial charge on any atom is 0.408 e. The molecule has 1 aliphatic rings. The van der Waals surface area contributed by atoms with Gasteiger partial charge < -0.3 is 35.8 Å². The molecule has 0 aromatic heterocycles. The van der Waals surface area contributed by atoms with Gasteiger partial charge in [-0.05, 0) is 85.3 Å². The molecule has 3 rings (SSSR count). The minimum atomic E-state index is -1.42. The van der Waals surface area contributed by atoms with Crippen LogP contribution in [-0.2, 0) is 35.1 Å². The van der Waals surface area contributed by atoms with Crippen molar-refractivity contribution in [3.05, 3.63) is 65.2 Å². The molecule has 0 bridgehead atoms. The number of hydrogen-bond acceptors (Lipinski definition) is 8. The number of carbonyl (C=O) groups is 5. The number of primary amides is 1. The second-order valence-electron chi connectivity index (χ2n) is 14.2. The highest BCUT2D eigenvalue weighted by Gasteiger charge is 2.44. The second-order valence-corrected chi connectivity index (χ2v) is 14.2. The molecule has 0 radical (unpaired) electrons. The lowest BCUT2D eigenvalue weighted by Crippen LogP contribution is -2.58. The summed E-state index contributed by atoms with van der Waals surface area (Å²) in [5, 5.41) is 16.7. The summed E-state index contributed by atoms with van der Waals surface area (Å²) in [6, 6.07) is 9.70. The first-order valence-corrected chi connectivity index (χ1v) is 16.3. The average molecular weight is 667 g/mol. The van der Waals surface area contributed by atoms with Crippen LogP contribution in [0.1, 0.15) is 96.4 Å². The first-order chi connectivity index (χ1) is 22.4. The Balaban J connectivity index is 2.11. The molecule has 262 valence electrons. The van der Waals surface area contributed by atoms with Crippen LogP contribution in [0.5, 0.6) is 5.75 Å². The van der Waals surface area contributed by atoms with Crippen molar-refractivity contribution >= 4 is 29.8 Å². The number of phenolic OH excluding ortho intramolecular Hbond substituents is 1. The van der Waals surface area contributed by atoms with Gasteiger partial charge in [0.05, 0.1) is 0 Å². The SMILES string of the molecule is Cc1cccc(C(C(=O)NC(Cc2ccccc2)C(=O)OC(C)(C)C)N(C(=O)C(CCC(N)=O)NC(=O)OC(C)(C)C)C2CCC2)c1O. The smallest absolute Gasteiger partial charge is 0.408 e. The summed E-state index contributed by atoms with van der Waals surface area (Å²) in [7, 11) is 0. The number of aryl methyl sites for hydroxylation is 1. The van der Waals surface area contributed by atoms with Gasteiger partial charge in [0.1, 0.15) is 35.1 Å². The number of hydrogen-bond donors (Lipinski definition) is 4. The highest BCUT2D eigenvalue weighted by atomic mass is 16.6. The lowest BCUT2D eigenvalue weighted by atomic mass is 9.87.